The summed E-state index contributed by atoms with van der Waals surface area (Å²) >= 11 is 0. The Morgan fingerprint density at radius 3 is 2.56 bits per heavy atom. The molecule has 2 aromatic rings. The third kappa shape index (κ3) is 4.79. The largest absolute Gasteiger partial charge is 0.334 e. The van der Waals surface area contributed by atoms with Gasteiger partial charge in [0.1, 0.15) is 0 Å². The van der Waals surface area contributed by atoms with Gasteiger partial charge < -0.3 is 15.5 Å². The number of pyridine rings is 1. The van der Waals surface area contributed by atoms with Crippen molar-refractivity contribution in [1.82, 2.24) is 15.6 Å². The Morgan fingerprint density at radius 2 is 1.80 bits per heavy atom. The quantitative estimate of drug-likeness (QED) is 0.880. The van der Waals surface area contributed by atoms with Gasteiger partial charge in [-0.2, -0.15) is 0 Å². The second kappa shape index (κ2) is 8.28. The van der Waals surface area contributed by atoms with Crippen molar-refractivity contribution in [3.8, 4) is 0 Å². The van der Waals surface area contributed by atoms with Crippen molar-refractivity contribution in [3.05, 3.63) is 59.9 Å². The van der Waals surface area contributed by atoms with E-state index in [-0.39, 0.29) is 11.9 Å². The zero-order valence-corrected chi connectivity index (χ0v) is 14.1. The van der Waals surface area contributed by atoms with Crippen LogP contribution >= 0.6 is 0 Å². The van der Waals surface area contributed by atoms with Gasteiger partial charge in [-0.25, -0.2) is 4.79 Å². The topological polar surface area (TPSA) is 74.3 Å². The monoisotopic (exact) mass is 338 g/mol. The number of piperidine rings is 1. The van der Waals surface area contributed by atoms with Crippen LogP contribution in [0.2, 0.25) is 0 Å². The SMILES string of the molecule is O=C(NCc1ccncc1)NCc1cccc(N2CCCCC2=O)c1. The highest BCUT2D eigenvalue weighted by molar-refractivity contribution is 5.94. The molecule has 1 fully saturated rings. The van der Waals surface area contributed by atoms with Gasteiger partial charge in [0.15, 0.2) is 0 Å². The standard InChI is InChI=1S/C19H22N4O2/c24-18-6-1-2-11-23(18)17-5-3-4-16(12-17)14-22-19(25)21-13-15-7-9-20-10-8-15/h3-5,7-10,12H,1-2,6,11,13-14H2,(H2,21,22,25). The Balaban J connectivity index is 1.52. The number of urea groups is 1. The molecule has 0 radical (unpaired) electrons. The molecule has 1 aromatic carbocycles. The van der Waals surface area contributed by atoms with E-state index in [4.69, 9.17) is 0 Å². The van der Waals surface area contributed by atoms with Gasteiger partial charge in [0, 0.05) is 44.1 Å². The maximum absolute atomic E-state index is 12.0. The predicted molar refractivity (Wildman–Crippen MR) is 96.0 cm³/mol. The van der Waals surface area contributed by atoms with Crippen LogP contribution in [0.3, 0.4) is 0 Å². The molecule has 0 atom stereocenters. The molecular formula is C19H22N4O2. The molecule has 0 unspecified atom stereocenters. The number of amides is 3. The van der Waals surface area contributed by atoms with Crippen LogP contribution in [-0.2, 0) is 17.9 Å². The molecule has 6 nitrogen and oxygen atoms in total. The van der Waals surface area contributed by atoms with E-state index in [2.05, 4.69) is 15.6 Å². The van der Waals surface area contributed by atoms with E-state index < -0.39 is 0 Å². The molecule has 0 saturated carbocycles. The number of hydrogen-bond acceptors (Lipinski definition) is 3. The van der Waals surface area contributed by atoms with Gasteiger partial charge in [0.25, 0.3) is 0 Å². The van der Waals surface area contributed by atoms with Gasteiger partial charge in [-0.1, -0.05) is 12.1 Å². The van der Waals surface area contributed by atoms with Gasteiger partial charge in [-0.05, 0) is 48.2 Å². The van der Waals surface area contributed by atoms with Gasteiger partial charge in [-0.15, -0.1) is 0 Å². The summed E-state index contributed by atoms with van der Waals surface area (Å²) in [6.07, 6.45) is 6.00. The molecule has 1 aromatic heterocycles. The van der Waals surface area contributed by atoms with Crippen LogP contribution in [-0.4, -0.2) is 23.5 Å². The summed E-state index contributed by atoms with van der Waals surface area (Å²) in [5.74, 6) is 0.173. The normalized spacial score (nSPS) is 14.2. The number of nitrogens with zero attached hydrogens (tertiary/aromatic N) is 2. The van der Waals surface area contributed by atoms with Crippen molar-refractivity contribution in [2.75, 3.05) is 11.4 Å². The van der Waals surface area contributed by atoms with Crippen molar-refractivity contribution in [1.29, 1.82) is 0 Å². The van der Waals surface area contributed by atoms with E-state index in [1.54, 1.807) is 12.4 Å². The Kier molecular flexibility index (Phi) is 5.61. The van der Waals surface area contributed by atoms with Crippen LogP contribution in [0.1, 0.15) is 30.4 Å². The minimum atomic E-state index is -0.226. The highest BCUT2D eigenvalue weighted by atomic mass is 16.2. The van der Waals surface area contributed by atoms with E-state index in [1.165, 1.54) is 0 Å². The van der Waals surface area contributed by atoms with Gasteiger partial charge >= 0.3 is 6.03 Å². The molecule has 6 heteroatoms. The Bertz CT molecular complexity index is 733. The maximum atomic E-state index is 12.0. The first-order valence-corrected chi connectivity index (χ1v) is 8.52. The lowest BCUT2D eigenvalue weighted by atomic mass is 10.1. The number of aromatic nitrogens is 1. The van der Waals surface area contributed by atoms with E-state index in [1.807, 2.05) is 41.3 Å². The lowest BCUT2D eigenvalue weighted by Gasteiger charge is -2.27. The smallest absolute Gasteiger partial charge is 0.315 e. The van der Waals surface area contributed by atoms with Crippen molar-refractivity contribution >= 4 is 17.6 Å². The summed E-state index contributed by atoms with van der Waals surface area (Å²) in [5, 5.41) is 5.65. The first-order chi connectivity index (χ1) is 12.2. The van der Waals surface area contributed by atoms with Crippen molar-refractivity contribution in [2.24, 2.45) is 0 Å². The second-order valence-corrected chi connectivity index (χ2v) is 6.06. The third-order valence-electron chi connectivity index (χ3n) is 4.20. The van der Waals surface area contributed by atoms with Crippen LogP contribution in [0.25, 0.3) is 0 Å². The number of hydrogen-bond donors (Lipinski definition) is 2. The van der Waals surface area contributed by atoms with Crippen molar-refractivity contribution in [2.45, 2.75) is 32.4 Å². The van der Waals surface area contributed by atoms with Gasteiger partial charge in [0.05, 0.1) is 0 Å². The fourth-order valence-corrected chi connectivity index (χ4v) is 2.84. The van der Waals surface area contributed by atoms with Crippen LogP contribution in [0, 0.1) is 0 Å². The molecule has 1 aliphatic heterocycles. The van der Waals surface area contributed by atoms with E-state index in [0.717, 1.165) is 36.2 Å². The Morgan fingerprint density at radius 1 is 1.04 bits per heavy atom. The fourth-order valence-electron chi connectivity index (χ4n) is 2.84. The highest BCUT2D eigenvalue weighted by Gasteiger charge is 2.19. The van der Waals surface area contributed by atoms with Crippen LogP contribution in [0.15, 0.2) is 48.8 Å². The summed E-state index contributed by atoms with van der Waals surface area (Å²) in [4.78, 5) is 29.7. The van der Waals surface area contributed by atoms with E-state index in [9.17, 15) is 9.59 Å². The molecular weight excluding hydrogens is 316 g/mol. The zero-order chi connectivity index (χ0) is 17.5. The third-order valence-corrected chi connectivity index (χ3v) is 4.20. The zero-order valence-electron chi connectivity index (χ0n) is 14.1. The minimum Gasteiger partial charge on any atom is -0.334 e. The number of nitrogens with one attached hydrogen (secondary N) is 2. The highest BCUT2D eigenvalue weighted by Crippen LogP contribution is 2.21. The Labute approximate surface area is 147 Å². The molecule has 0 aliphatic carbocycles. The lowest BCUT2D eigenvalue weighted by molar-refractivity contribution is -0.119. The molecule has 0 bridgehead atoms. The van der Waals surface area contributed by atoms with Crippen LogP contribution in [0.5, 0.6) is 0 Å². The molecule has 3 amide bonds. The predicted octanol–water partition coefficient (Wildman–Crippen LogP) is 2.60. The van der Waals surface area contributed by atoms with Gasteiger partial charge in [0.2, 0.25) is 5.91 Å². The Hall–Kier alpha value is -2.89. The fraction of sp³-hybridized carbons (Fsp3) is 0.316. The summed E-state index contributed by atoms with van der Waals surface area (Å²) in [7, 11) is 0. The molecule has 2 N–H and O–H groups in total. The van der Waals surface area contributed by atoms with Crippen molar-refractivity contribution in [3.63, 3.8) is 0 Å². The molecule has 0 spiro atoms. The molecule has 1 saturated heterocycles. The number of carbonyl (C=O) groups excluding carboxylic acids is 2. The van der Waals surface area contributed by atoms with Gasteiger partial charge in [-0.3, -0.25) is 9.78 Å². The minimum absolute atomic E-state index is 0.173. The van der Waals surface area contributed by atoms with Crippen LogP contribution in [0.4, 0.5) is 10.5 Å². The summed E-state index contributed by atoms with van der Waals surface area (Å²) < 4.78 is 0. The lowest BCUT2D eigenvalue weighted by Crippen LogP contribution is -2.36. The number of carbonyl (C=O) groups is 2. The molecule has 2 heterocycles. The summed E-state index contributed by atoms with van der Waals surface area (Å²) in [5.41, 5.74) is 2.87. The molecule has 3 rings (SSSR count). The maximum Gasteiger partial charge on any atom is 0.315 e. The van der Waals surface area contributed by atoms with E-state index >= 15 is 0 Å². The number of rotatable bonds is 5. The average Bonchev–Trinajstić information content (AvgIpc) is 2.66. The van der Waals surface area contributed by atoms with E-state index in [0.29, 0.717) is 19.5 Å². The van der Waals surface area contributed by atoms with Crippen molar-refractivity contribution < 1.29 is 9.59 Å². The summed E-state index contributed by atoms with van der Waals surface area (Å²) in [6.45, 7) is 1.64. The summed E-state index contributed by atoms with van der Waals surface area (Å²) in [6, 6.07) is 11.3. The first kappa shape index (κ1) is 17.0. The number of anilines is 1. The van der Waals surface area contributed by atoms with Crippen LogP contribution < -0.4 is 15.5 Å². The first-order valence-electron chi connectivity index (χ1n) is 8.52. The molecule has 25 heavy (non-hydrogen) atoms. The second-order valence-electron chi connectivity index (χ2n) is 6.06. The average molecular weight is 338 g/mol. The molecule has 1 aliphatic rings. The number of benzene rings is 1. The molecule has 130 valence electrons.